The number of nitrogens with zero attached hydrogens (tertiary/aromatic N) is 3. The van der Waals surface area contributed by atoms with Gasteiger partial charge in [-0.2, -0.15) is 0 Å². The average molecular weight is 409 g/mol. The minimum atomic E-state index is -0.454. The summed E-state index contributed by atoms with van der Waals surface area (Å²) in [5.74, 6) is -0.230. The molecule has 1 atom stereocenters. The van der Waals surface area contributed by atoms with E-state index in [2.05, 4.69) is 4.98 Å². The molecule has 7 nitrogen and oxygen atoms in total. The van der Waals surface area contributed by atoms with Gasteiger partial charge in [0, 0.05) is 24.8 Å². The number of aromatic nitrogens is 1. The van der Waals surface area contributed by atoms with E-state index in [0.29, 0.717) is 23.8 Å². The summed E-state index contributed by atoms with van der Waals surface area (Å²) >= 11 is 1.46. The fourth-order valence-electron chi connectivity index (χ4n) is 3.23. The number of carbonyl (C=O) groups excluding carboxylic acids is 1. The second-order valence-electron chi connectivity index (χ2n) is 6.73. The molecule has 1 aliphatic heterocycles. The number of thiazole rings is 1. The van der Waals surface area contributed by atoms with E-state index in [1.54, 1.807) is 23.1 Å². The number of ether oxygens (including phenoxy) is 1. The van der Waals surface area contributed by atoms with Crippen molar-refractivity contribution < 1.29 is 14.5 Å². The fourth-order valence-corrected chi connectivity index (χ4v) is 4.21. The Labute approximate surface area is 171 Å². The lowest BCUT2D eigenvalue weighted by molar-refractivity contribution is -0.384. The highest BCUT2D eigenvalue weighted by Crippen LogP contribution is 2.30. The van der Waals surface area contributed by atoms with Crippen molar-refractivity contribution in [3.63, 3.8) is 0 Å². The molecule has 8 heteroatoms. The van der Waals surface area contributed by atoms with Gasteiger partial charge in [-0.1, -0.05) is 35.6 Å². The van der Waals surface area contributed by atoms with Gasteiger partial charge in [0.05, 0.1) is 27.8 Å². The van der Waals surface area contributed by atoms with Gasteiger partial charge in [0.1, 0.15) is 0 Å². The third kappa shape index (κ3) is 4.49. The van der Waals surface area contributed by atoms with E-state index in [4.69, 9.17) is 4.74 Å². The number of amides is 1. The van der Waals surface area contributed by atoms with E-state index >= 15 is 0 Å². The molecule has 4 rings (SSSR count). The number of hydrogen-bond donors (Lipinski definition) is 0. The monoisotopic (exact) mass is 409 g/mol. The van der Waals surface area contributed by atoms with Crippen molar-refractivity contribution in [1.82, 2.24) is 4.98 Å². The largest absolute Gasteiger partial charge is 0.376 e. The third-order valence-corrected chi connectivity index (χ3v) is 5.75. The summed E-state index contributed by atoms with van der Waals surface area (Å²) in [5, 5.41) is 11.6. The number of fused-ring (bicyclic) bond motifs is 1. The second kappa shape index (κ2) is 8.50. The number of nitro groups is 1. The number of non-ortho nitro benzene ring substituents is 1. The van der Waals surface area contributed by atoms with E-state index in [1.807, 2.05) is 24.3 Å². The topological polar surface area (TPSA) is 85.6 Å². The summed E-state index contributed by atoms with van der Waals surface area (Å²) < 4.78 is 6.73. The van der Waals surface area contributed by atoms with Crippen molar-refractivity contribution in [2.45, 2.75) is 18.9 Å². The highest BCUT2D eigenvalue weighted by molar-refractivity contribution is 7.22. The molecule has 0 N–H and O–H groups in total. The highest BCUT2D eigenvalue weighted by Gasteiger charge is 2.25. The number of benzene rings is 2. The van der Waals surface area contributed by atoms with Crippen LogP contribution < -0.4 is 4.90 Å². The maximum Gasteiger partial charge on any atom is 0.270 e. The summed E-state index contributed by atoms with van der Waals surface area (Å²) in [5.41, 5.74) is 1.43. The van der Waals surface area contributed by atoms with Crippen molar-refractivity contribution in [3.05, 3.63) is 70.3 Å². The standard InChI is InChI=1S/C21H19N3O4S/c25-20(11-10-15-5-3-6-16(13-15)24(26)27)23(14-17-7-4-12-28-17)21-22-18-8-1-2-9-19(18)29-21/h1-3,5-6,8-11,13,17H,4,7,12,14H2/b11-10+. The number of anilines is 1. The molecule has 0 radical (unpaired) electrons. The number of nitro benzene ring substituents is 1. The first-order valence-electron chi connectivity index (χ1n) is 9.31. The number of carbonyl (C=O) groups is 1. The fraction of sp³-hybridized carbons (Fsp3) is 0.238. The Morgan fingerprint density at radius 2 is 2.17 bits per heavy atom. The van der Waals surface area contributed by atoms with Crippen LogP contribution in [0.25, 0.3) is 16.3 Å². The third-order valence-electron chi connectivity index (χ3n) is 4.69. The normalized spacial score (nSPS) is 16.5. The Balaban J connectivity index is 1.60. The average Bonchev–Trinajstić information content (AvgIpc) is 3.39. The van der Waals surface area contributed by atoms with Gasteiger partial charge >= 0.3 is 0 Å². The minimum absolute atomic E-state index is 0.0121. The van der Waals surface area contributed by atoms with Gasteiger partial charge in [-0.25, -0.2) is 4.98 Å². The second-order valence-corrected chi connectivity index (χ2v) is 7.74. The Bertz CT molecular complexity index is 1040. The van der Waals surface area contributed by atoms with E-state index in [0.717, 1.165) is 23.1 Å². The molecule has 0 saturated carbocycles. The molecular formula is C21H19N3O4S. The first-order valence-corrected chi connectivity index (χ1v) is 10.1. The van der Waals surface area contributed by atoms with Crippen molar-refractivity contribution in [1.29, 1.82) is 0 Å². The van der Waals surface area contributed by atoms with Crippen LogP contribution in [0, 0.1) is 10.1 Å². The van der Waals surface area contributed by atoms with Gasteiger partial charge in [-0.15, -0.1) is 0 Å². The zero-order valence-corrected chi connectivity index (χ0v) is 16.4. The summed E-state index contributed by atoms with van der Waals surface area (Å²) in [7, 11) is 0. The molecule has 2 aromatic carbocycles. The van der Waals surface area contributed by atoms with Crippen molar-refractivity contribution in [2.24, 2.45) is 0 Å². The number of para-hydroxylation sites is 1. The number of rotatable bonds is 6. The van der Waals surface area contributed by atoms with E-state index in [-0.39, 0.29) is 17.7 Å². The SMILES string of the molecule is O=C(/C=C/c1cccc([N+](=O)[O-])c1)N(CC1CCCO1)c1nc2ccccc2s1. The van der Waals surface area contributed by atoms with Crippen LogP contribution in [0.4, 0.5) is 10.8 Å². The molecule has 1 aliphatic rings. The minimum Gasteiger partial charge on any atom is -0.376 e. The quantitative estimate of drug-likeness (QED) is 0.342. The molecule has 1 fully saturated rings. The summed E-state index contributed by atoms with van der Waals surface area (Å²) in [6.07, 6.45) is 4.89. The zero-order chi connectivity index (χ0) is 20.2. The van der Waals surface area contributed by atoms with Gasteiger partial charge in [0.2, 0.25) is 0 Å². The lowest BCUT2D eigenvalue weighted by Crippen LogP contribution is -2.36. The summed E-state index contributed by atoms with van der Waals surface area (Å²) in [6.45, 7) is 1.13. The molecule has 1 saturated heterocycles. The van der Waals surface area contributed by atoms with E-state index in [9.17, 15) is 14.9 Å². The van der Waals surface area contributed by atoms with Crippen LogP contribution in [-0.4, -0.2) is 35.1 Å². The van der Waals surface area contributed by atoms with Crippen LogP contribution in [0.1, 0.15) is 18.4 Å². The summed E-state index contributed by atoms with van der Waals surface area (Å²) in [4.78, 5) is 29.8. The first-order chi connectivity index (χ1) is 14.1. The van der Waals surface area contributed by atoms with Gasteiger partial charge in [0.25, 0.3) is 11.6 Å². The molecular weight excluding hydrogens is 390 g/mol. The summed E-state index contributed by atoms with van der Waals surface area (Å²) in [6, 6.07) is 13.9. The Hall–Kier alpha value is -3.10. The Kier molecular flexibility index (Phi) is 5.64. The predicted molar refractivity (Wildman–Crippen MR) is 113 cm³/mol. The highest BCUT2D eigenvalue weighted by atomic mass is 32.1. The maximum absolute atomic E-state index is 13.0. The Morgan fingerprint density at radius 1 is 1.31 bits per heavy atom. The van der Waals surface area contributed by atoms with E-state index < -0.39 is 4.92 Å². The molecule has 3 aromatic rings. The van der Waals surface area contributed by atoms with Gasteiger partial charge < -0.3 is 4.74 Å². The molecule has 1 unspecified atom stereocenters. The lowest BCUT2D eigenvalue weighted by Gasteiger charge is -2.21. The van der Waals surface area contributed by atoms with Crippen molar-refractivity contribution in [2.75, 3.05) is 18.1 Å². The molecule has 1 amide bonds. The number of hydrogen-bond acceptors (Lipinski definition) is 6. The lowest BCUT2D eigenvalue weighted by atomic mass is 10.2. The zero-order valence-electron chi connectivity index (χ0n) is 15.6. The molecule has 148 valence electrons. The molecule has 0 spiro atoms. The molecule has 1 aromatic heterocycles. The van der Waals surface area contributed by atoms with Crippen LogP contribution in [0.3, 0.4) is 0 Å². The molecule has 29 heavy (non-hydrogen) atoms. The van der Waals surface area contributed by atoms with Gasteiger partial charge in [-0.05, 0) is 36.6 Å². The molecule has 0 bridgehead atoms. The van der Waals surface area contributed by atoms with Crippen molar-refractivity contribution in [3.8, 4) is 0 Å². The van der Waals surface area contributed by atoms with Gasteiger partial charge in [-0.3, -0.25) is 19.8 Å². The smallest absolute Gasteiger partial charge is 0.270 e. The Morgan fingerprint density at radius 3 is 2.93 bits per heavy atom. The van der Waals surface area contributed by atoms with Crippen LogP contribution >= 0.6 is 11.3 Å². The predicted octanol–water partition coefficient (Wildman–Crippen LogP) is 4.43. The van der Waals surface area contributed by atoms with Crippen LogP contribution in [0.5, 0.6) is 0 Å². The maximum atomic E-state index is 13.0. The van der Waals surface area contributed by atoms with Crippen LogP contribution in [0.2, 0.25) is 0 Å². The van der Waals surface area contributed by atoms with Crippen molar-refractivity contribution >= 4 is 44.4 Å². The van der Waals surface area contributed by atoms with E-state index in [1.165, 1.54) is 29.5 Å². The van der Waals surface area contributed by atoms with Gasteiger partial charge in [0.15, 0.2) is 5.13 Å². The molecule has 0 aliphatic carbocycles. The molecule has 2 heterocycles. The first kappa shape index (κ1) is 19.2. The van der Waals surface area contributed by atoms with Crippen LogP contribution in [0.15, 0.2) is 54.6 Å². The van der Waals surface area contributed by atoms with Crippen LogP contribution in [-0.2, 0) is 9.53 Å².